The molecule has 0 radical (unpaired) electrons. The lowest BCUT2D eigenvalue weighted by Crippen LogP contribution is -2.31. The van der Waals surface area contributed by atoms with Crippen LogP contribution in [-0.4, -0.2) is 26.0 Å². The average molecular weight is 257 g/mol. The van der Waals surface area contributed by atoms with Gasteiger partial charge in [-0.05, 0) is 18.5 Å². The Labute approximate surface area is 109 Å². The maximum absolute atomic E-state index is 11.6. The van der Waals surface area contributed by atoms with Gasteiger partial charge in [-0.3, -0.25) is 4.79 Å². The van der Waals surface area contributed by atoms with Gasteiger partial charge < -0.3 is 10.6 Å². The van der Waals surface area contributed by atoms with Crippen molar-refractivity contribution >= 4 is 18.3 Å². The summed E-state index contributed by atoms with van der Waals surface area (Å²) in [6, 6.07) is 10.1. The number of hydrogen-bond acceptors (Lipinski definition) is 2. The van der Waals surface area contributed by atoms with E-state index in [1.807, 2.05) is 25.2 Å². The van der Waals surface area contributed by atoms with Gasteiger partial charge in [-0.1, -0.05) is 37.3 Å². The maximum atomic E-state index is 11.6. The van der Waals surface area contributed by atoms with Crippen LogP contribution in [0.15, 0.2) is 30.3 Å². The summed E-state index contributed by atoms with van der Waals surface area (Å²) in [7, 11) is 1.87. The lowest BCUT2D eigenvalue weighted by atomic mass is 9.98. The fraction of sp³-hybridized carbons (Fsp3) is 0.462. The molecule has 0 aliphatic carbocycles. The van der Waals surface area contributed by atoms with Gasteiger partial charge in [-0.25, -0.2) is 0 Å². The highest BCUT2D eigenvalue weighted by molar-refractivity contribution is 5.85. The van der Waals surface area contributed by atoms with Gasteiger partial charge in [-0.2, -0.15) is 0 Å². The van der Waals surface area contributed by atoms with Gasteiger partial charge in [0, 0.05) is 19.5 Å². The van der Waals surface area contributed by atoms with Crippen LogP contribution in [0, 0.1) is 0 Å². The summed E-state index contributed by atoms with van der Waals surface area (Å²) in [6.45, 7) is 3.58. The second-order valence-corrected chi connectivity index (χ2v) is 3.97. The third kappa shape index (κ3) is 6.29. The molecule has 96 valence electrons. The fourth-order valence-corrected chi connectivity index (χ4v) is 1.58. The molecule has 1 amide bonds. The van der Waals surface area contributed by atoms with E-state index in [1.54, 1.807) is 0 Å². The number of benzene rings is 1. The van der Waals surface area contributed by atoms with Crippen molar-refractivity contribution < 1.29 is 4.79 Å². The van der Waals surface area contributed by atoms with Crippen LogP contribution in [-0.2, 0) is 4.79 Å². The minimum atomic E-state index is 0. The Bertz CT molecular complexity index is 316. The third-order valence-electron chi connectivity index (χ3n) is 2.56. The summed E-state index contributed by atoms with van der Waals surface area (Å²) in [6.07, 6.45) is 0.549. The number of nitrogens with one attached hydrogen (secondary N) is 2. The molecule has 0 fully saturated rings. The van der Waals surface area contributed by atoms with E-state index >= 15 is 0 Å². The highest BCUT2D eigenvalue weighted by Crippen LogP contribution is 2.17. The zero-order valence-electron chi connectivity index (χ0n) is 10.4. The van der Waals surface area contributed by atoms with E-state index in [2.05, 4.69) is 29.7 Å². The van der Waals surface area contributed by atoms with Crippen LogP contribution in [0.2, 0.25) is 0 Å². The topological polar surface area (TPSA) is 41.1 Å². The van der Waals surface area contributed by atoms with Crippen molar-refractivity contribution in [2.75, 3.05) is 20.1 Å². The molecular formula is C13H21ClN2O. The predicted octanol–water partition coefficient (Wildman–Crippen LogP) is 1.94. The number of amides is 1. The summed E-state index contributed by atoms with van der Waals surface area (Å²) in [4.78, 5) is 11.6. The number of halogens is 1. The predicted molar refractivity (Wildman–Crippen MR) is 73.7 cm³/mol. The van der Waals surface area contributed by atoms with Gasteiger partial charge in [-0.15, -0.1) is 12.4 Å². The Hall–Kier alpha value is -1.06. The van der Waals surface area contributed by atoms with E-state index < -0.39 is 0 Å². The van der Waals surface area contributed by atoms with E-state index in [9.17, 15) is 4.79 Å². The van der Waals surface area contributed by atoms with Crippen molar-refractivity contribution in [2.45, 2.75) is 19.3 Å². The van der Waals surface area contributed by atoms with E-state index in [4.69, 9.17) is 0 Å². The van der Waals surface area contributed by atoms with Crippen LogP contribution < -0.4 is 10.6 Å². The molecule has 0 aliphatic heterocycles. The number of hydrogen-bond donors (Lipinski definition) is 2. The standard InChI is InChI=1S/C13H20N2O.ClH/c1-11(12-6-4-3-5-7-12)10-13(16)15-9-8-14-2;/h3-7,11,14H,8-10H2,1-2H3,(H,15,16);1H. The Kier molecular flexibility index (Phi) is 8.46. The zero-order chi connectivity index (χ0) is 11.8. The molecule has 1 unspecified atom stereocenters. The summed E-state index contributed by atoms with van der Waals surface area (Å²) in [5, 5.41) is 5.88. The highest BCUT2D eigenvalue weighted by Gasteiger charge is 2.09. The summed E-state index contributed by atoms with van der Waals surface area (Å²) < 4.78 is 0. The minimum Gasteiger partial charge on any atom is -0.355 e. The van der Waals surface area contributed by atoms with Gasteiger partial charge >= 0.3 is 0 Å². The molecule has 17 heavy (non-hydrogen) atoms. The normalized spacial score (nSPS) is 11.4. The highest BCUT2D eigenvalue weighted by atomic mass is 35.5. The molecule has 1 aromatic rings. The molecule has 2 N–H and O–H groups in total. The summed E-state index contributed by atoms with van der Waals surface area (Å²) >= 11 is 0. The van der Waals surface area contributed by atoms with Crippen LogP contribution in [0.1, 0.15) is 24.8 Å². The Morgan fingerprint density at radius 2 is 1.88 bits per heavy atom. The second-order valence-electron chi connectivity index (χ2n) is 3.97. The Morgan fingerprint density at radius 1 is 1.24 bits per heavy atom. The van der Waals surface area contributed by atoms with Gasteiger partial charge in [0.25, 0.3) is 0 Å². The molecule has 0 bridgehead atoms. The first kappa shape index (κ1) is 15.9. The molecule has 1 rings (SSSR count). The molecule has 1 aromatic carbocycles. The first-order chi connectivity index (χ1) is 7.74. The minimum absolute atomic E-state index is 0. The van der Waals surface area contributed by atoms with Gasteiger partial charge in [0.1, 0.15) is 0 Å². The molecule has 0 saturated carbocycles. The van der Waals surface area contributed by atoms with Crippen molar-refractivity contribution in [3.05, 3.63) is 35.9 Å². The largest absolute Gasteiger partial charge is 0.355 e. The van der Waals surface area contributed by atoms with E-state index in [1.165, 1.54) is 5.56 Å². The molecule has 0 aromatic heterocycles. The molecule has 0 aliphatic rings. The van der Waals surface area contributed by atoms with E-state index in [0.717, 1.165) is 6.54 Å². The zero-order valence-corrected chi connectivity index (χ0v) is 11.2. The number of carbonyl (C=O) groups excluding carboxylic acids is 1. The molecule has 0 spiro atoms. The number of rotatable bonds is 6. The van der Waals surface area contributed by atoms with Gasteiger partial charge in [0.15, 0.2) is 0 Å². The Balaban J connectivity index is 0.00000256. The average Bonchev–Trinajstić information content (AvgIpc) is 2.30. The van der Waals surface area contributed by atoms with Gasteiger partial charge in [0.05, 0.1) is 0 Å². The Morgan fingerprint density at radius 3 is 2.47 bits per heavy atom. The first-order valence-corrected chi connectivity index (χ1v) is 5.70. The lowest BCUT2D eigenvalue weighted by molar-refractivity contribution is -0.121. The van der Waals surface area contributed by atoms with Crippen LogP contribution in [0.3, 0.4) is 0 Å². The number of likely N-dealkylation sites (N-methyl/N-ethyl adjacent to an activating group) is 1. The summed E-state index contributed by atoms with van der Waals surface area (Å²) in [5.41, 5.74) is 1.21. The van der Waals surface area contributed by atoms with Crippen molar-refractivity contribution in [3.8, 4) is 0 Å². The molecule has 0 heterocycles. The lowest BCUT2D eigenvalue weighted by Gasteiger charge is -2.11. The second kappa shape index (κ2) is 9.02. The van der Waals surface area contributed by atoms with Crippen molar-refractivity contribution in [1.29, 1.82) is 0 Å². The maximum Gasteiger partial charge on any atom is 0.220 e. The molecule has 1 atom stereocenters. The van der Waals surface area contributed by atoms with Crippen LogP contribution in [0.5, 0.6) is 0 Å². The SMILES string of the molecule is CNCCNC(=O)CC(C)c1ccccc1.Cl. The number of carbonyl (C=O) groups is 1. The molecular weight excluding hydrogens is 236 g/mol. The molecule has 0 saturated heterocycles. The van der Waals surface area contributed by atoms with E-state index in [-0.39, 0.29) is 24.2 Å². The van der Waals surface area contributed by atoms with Crippen molar-refractivity contribution in [1.82, 2.24) is 10.6 Å². The molecule has 4 heteroatoms. The van der Waals surface area contributed by atoms with E-state index in [0.29, 0.717) is 13.0 Å². The van der Waals surface area contributed by atoms with Gasteiger partial charge in [0.2, 0.25) is 5.91 Å². The van der Waals surface area contributed by atoms with Crippen LogP contribution >= 0.6 is 12.4 Å². The quantitative estimate of drug-likeness (QED) is 0.764. The first-order valence-electron chi connectivity index (χ1n) is 5.70. The fourth-order valence-electron chi connectivity index (χ4n) is 1.58. The molecule has 3 nitrogen and oxygen atoms in total. The van der Waals surface area contributed by atoms with Crippen molar-refractivity contribution in [3.63, 3.8) is 0 Å². The monoisotopic (exact) mass is 256 g/mol. The van der Waals surface area contributed by atoms with Crippen molar-refractivity contribution in [2.24, 2.45) is 0 Å². The summed E-state index contributed by atoms with van der Waals surface area (Å²) in [5.74, 6) is 0.391. The third-order valence-corrected chi connectivity index (χ3v) is 2.56. The smallest absolute Gasteiger partial charge is 0.220 e. The van der Waals surface area contributed by atoms with Crippen LogP contribution in [0.25, 0.3) is 0 Å². The van der Waals surface area contributed by atoms with Crippen LogP contribution in [0.4, 0.5) is 0 Å².